The van der Waals surface area contributed by atoms with Crippen molar-refractivity contribution in [2.75, 3.05) is 6.54 Å². The number of nitrogens with two attached hydrogens (primary N) is 1. The first-order chi connectivity index (χ1) is 12.0. The molecule has 3 aromatic rings. The Morgan fingerprint density at radius 3 is 2.76 bits per heavy atom. The van der Waals surface area contributed by atoms with E-state index in [1.54, 1.807) is 4.90 Å². The number of benzene rings is 2. The summed E-state index contributed by atoms with van der Waals surface area (Å²) in [6.45, 7) is 3.85. The molecule has 0 aliphatic carbocycles. The molecule has 1 aliphatic heterocycles. The molecule has 2 aromatic carbocycles. The van der Waals surface area contributed by atoms with Crippen LogP contribution in [0.5, 0.6) is 0 Å². The minimum absolute atomic E-state index is 0.0741. The highest BCUT2D eigenvalue weighted by molar-refractivity contribution is 6.08. The number of amidine groups is 1. The van der Waals surface area contributed by atoms with E-state index in [-0.39, 0.29) is 5.91 Å². The fourth-order valence-corrected chi connectivity index (χ4v) is 3.26. The standard InChI is InChI=1S/C19H19N5O/c1-12-10-17(19-21-18(20)11-23(19)13(2)25)24(22-12)16-9-5-7-14-6-3-4-8-15(14)16/h3-10,18H,11,20H2,1-2H3. The highest BCUT2D eigenvalue weighted by Crippen LogP contribution is 2.25. The minimum atomic E-state index is -0.407. The average molecular weight is 333 g/mol. The van der Waals surface area contributed by atoms with Crippen molar-refractivity contribution in [1.82, 2.24) is 14.7 Å². The van der Waals surface area contributed by atoms with Gasteiger partial charge in [-0.15, -0.1) is 0 Å². The molecule has 0 radical (unpaired) electrons. The Morgan fingerprint density at radius 2 is 1.96 bits per heavy atom. The number of fused-ring (bicyclic) bond motifs is 1. The van der Waals surface area contributed by atoms with E-state index in [0.29, 0.717) is 12.4 Å². The summed E-state index contributed by atoms with van der Waals surface area (Å²) in [6.07, 6.45) is -0.407. The number of aryl methyl sites for hydroxylation is 1. The van der Waals surface area contributed by atoms with Gasteiger partial charge in [0.05, 0.1) is 17.9 Å². The molecule has 2 N–H and O–H groups in total. The van der Waals surface area contributed by atoms with Gasteiger partial charge in [-0.05, 0) is 24.4 Å². The molecule has 1 unspecified atom stereocenters. The molecule has 126 valence electrons. The van der Waals surface area contributed by atoms with E-state index in [2.05, 4.69) is 28.3 Å². The maximum Gasteiger partial charge on any atom is 0.225 e. The van der Waals surface area contributed by atoms with Crippen molar-refractivity contribution in [3.8, 4) is 5.69 Å². The van der Waals surface area contributed by atoms with Crippen LogP contribution in [0.3, 0.4) is 0 Å². The largest absolute Gasteiger partial charge is 0.308 e. The second kappa shape index (κ2) is 5.82. The van der Waals surface area contributed by atoms with Crippen LogP contribution in [0.1, 0.15) is 18.3 Å². The summed E-state index contributed by atoms with van der Waals surface area (Å²) in [5.74, 6) is 0.503. The molecule has 2 heterocycles. The zero-order chi connectivity index (χ0) is 17.6. The van der Waals surface area contributed by atoms with Crippen molar-refractivity contribution < 1.29 is 4.79 Å². The molecule has 6 heteroatoms. The third-order valence-electron chi connectivity index (χ3n) is 4.35. The third-order valence-corrected chi connectivity index (χ3v) is 4.35. The normalized spacial score (nSPS) is 17.2. The van der Waals surface area contributed by atoms with Crippen LogP contribution in [0, 0.1) is 6.92 Å². The van der Waals surface area contributed by atoms with Gasteiger partial charge in [-0.2, -0.15) is 5.10 Å². The second-order valence-corrected chi connectivity index (χ2v) is 6.23. The highest BCUT2D eigenvalue weighted by atomic mass is 16.2. The maximum atomic E-state index is 12.0. The van der Waals surface area contributed by atoms with Gasteiger partial charge in [0.2, 0.25) is 5.91 Å². The van der Waals surface area contributed by atoms with Gasteiger partial charge in [0.25, 0.3) is 0 Å². The van der Waals surface area contributed by atoms with Crippen LogP contribution in [0.2, 0.25) is 0 Å². The van der Waals surface area contributed by atoms with Crippen molar-refractivity contribution >= 4 is 22.5 Å². The van der Waals surface area contributed by atoms with Crippen molar-refractivity contribution in [2.45, 2.75) is 20.0 Å². The number of aliphatic imine (C=N–C) groups is 1. The molecule has 4 rings (SSSR count). The molecule has 1 aliphatic rings. The van der Waals surface area contributed by atoms with Gasteiger partial charge >= 0.3 is 0 Å². The van der Waals surface area contributed by atoms with E-state index in [0.717, 1.165) is 27.8 Å². The van der Waals surface area contributed by atoms with E-state index in [9.17, 15) is 4.79 Å². The molecule has 1 aromatic heterocycles. The van der Waals surface area contributed by atoms with Gasteiger partial charge in [0.1, 0.15) is 11.9 Å². The zero-order valence-corrected chi connectivity index (χ0v) is 14.2. The molecule has 6 nitrogen and oxygen atoms in total. The van der Waals surface area contributed by atoms with E-state index in [1.807, 2.05) is 41.9 Å². The smallest absolute Gasteiger partial charge is 0.225 e. The Hall–Kier alpha value is -2.99. The van der Waals surface area contributed by atoms with E-state index >= 15 is 0 Å². The van der Waals surface area contributed by atoms with Gasteiger partial charge < -0.3 is 5.73 Å². The summed E-state index contributed by atoms with van der Waals surface area (Å²) in [6, 6.07) is 16.2. The first-order valence-corrected chi connectivity index (χ1v) is 8.21. The van der Waals surface area contributed by atoms with Crippen LogP contribution in [-0.4, -0.2) is 39.1 Å². The van der Waals surface area contributed by atoms with Crippen molar-refractivity contribution in [1.29, 1.82) is 0 Å². The molecule has 0 saturated heterocycles. The molecule has 0 bridgehead atoms. The Labute approximate surface area is 145 Å². The summed E-state index contributed by atoms with van der Waals surface area (Å²) in [4.78, 5) is 18.1. The summed E-state index contributed by atoms with van der Waals surface area (Å²) in [7, 11) is 0. The number of amides is 1. The van der Waals surface area contributed by atoms with Gasteiger partial charge in [-0.25, -0.2) is 9.67 Å². The number of carbonyl (C=O) groups is 1. The predicted octanol–water partition coefficient (Wildman–Crippen LogP) is 2.23. The minimum Gasteiger partial charge on any atom is -0.308 e. The van der Waals surface area contributed by atoms with E-state index < -0.39 is 6.17 Å². The highest BCUT2D eigenvalue weighted by Gasteiger charge is 2.30. The summed E-state index contributed by atoms with van der Waals surface area (Å²) >= 11 is 0. The second-order valence-electron chi connectivity index (χ2n) is 6.23. The van der Waals surface area contributed by atoms with Crippen LogP contribution in [-0.2, 0) is 4.79 Å². The fraction of sp³-hybridized carbons (Fsp3) is 0.211. The van der Waals surface area contributed by atoms with E-state index in [4.69, 9.17) is 5.73 Å². The molecule has 1 amide bonds. The lowest BCUT2D eigenvalue weighted by Gasteiger charge is -2.17. The summed E-state index contributed by atoms with van der Waals surface area (Å²) in [5.41, 5.74) is 8.55. The van der Waals surface area contributed by atoms with Crippen LogP contribution in [0.25, 0.3) is 16.5 Å². The molecule has 1 atom stereocenters. The molecule has 25 heavy (non-hydrogen) atoms. The van der Waals surface area contributed by atoms with Crippen LogP contribution >= 0.6 is 0 Å². The average Bonchev–Trinajstić information content (AvgIpc) is 3.17. The first kappa shape index (κ1) is 15.5. The van der Waals surface area contributed by atoms with Crippen LogP contribution in [0.15, 0.2) is 53.5 Å². The summed E-state index contributed by atoms with van der Waals surface area (Å²) in [5, 5.41) is 6.87. The SMILES string of the molecule is CC(=O)N1CC(N)N=C1c1cc(C)nn1-c1cccc2ccccc12. The lowest BCUT2D eigenvalue weighted by atomic mass is 10.1. The van der Waals surface area contributed by atoms with Crippen LogP contribution in [0.4, 0.5) is 0 Å². The number of aromatic nitrogens is 2. The number of hydrogen-bond donors (Lipinski definition) is 1. The topological polar surface area (TPSA) is 76.5 Å². The molecular formula is C19H19N5O. The monoisotopic (exact) mass is 333 g/mol. The van der Waals surface area contributed by atoms with Gasteiger partial charge in [0, 0.05) is 12.3 Å². The predicted molar refractivity (Wildman–Crippen MR) is 97.7 cm³/mol. The zero-order valence-electron chi connectivity index (χ0n) is 14.2. The number of carbonyl (C=O) groups excluding carboxylic acids is 1. The lowest BCUT2D eigenvalue weighted by Crippen LogP contribution is -2.36. The quantitative estimate of drug-likeness (QED) is 0.781. The number of hydrogen-bond acceptors (Lipinski definition) is 4. The summed E-state index contributed by atoms with van der Waals surface area (Å²) < 4.78 is 1.85. The molecule has 0 spiro atoms. The molecular weight excluding hydrogens is 314 g/mol. The van der Waals surface area contributed by atoms with Crippen molar-refractivity contribution in [2.24, 2.45) is 10.7 Å². The van der Waals surface area contributed by atoms with Gasteiger partial charge in [0.15, 0.2) is 5.84 Å². The Morgan fingerprint density at radius 1 is 1.20 bits per heavy atom. The fourth-order valence-electron chi connectivity index (χ4n) is 3.26. The lowest BCUT2D eigenvalue weighted by molar-refractivity contribution is -0.124. The molecule has 0 fully saturated rings. The van der Waals surface area contributed by atoms with Crippen LogP contribution < -0.4 is 5.73 Å². The van der Waals surface area contributed by atoms with Gasteiger partial charge in [-0.3, -0.25) is 9.69 Å². The number of nitrogens with zero attached hydrogens (tertiary/aromatic N) is 4. The van der Waals surface area contributed by atoms with Gasteiger partial charge in [-0.1, -0.05) is 36.4 Å². The van der Waals surface area contributed by atoms with E-state index in [1.165, 1.54) is 6.92 Å². The Balaban J connectivity index is 1.93. The third kappa shape index (κ3) is 2.60. The Kier molecular flexibility index (Phi) is 3.62. The first-order valence-electron chi connectivity index (χ1n) is 8.21. The molecule has 0 saturated carbocycles. The Bertz CT molecular complexity index is 999. The maximum absolute atomic E-state index is 12.0. The van der Waals surface area contributed by atoms with Crippen molar-refractivity contribution in [3.63, 3.8) is 0 Å². The van der Waals surface area contributed by atoms with Crippen molar-refractivity contribution in [3.05, 3.63) is 59.9 Å². The number of rotatable bonds is 2.